The first kappa shape index (κ1) is 16.5. The molecule has 0 saturated carbocycles. The van der Waals surface area contributed by atoms with E-state index < -0.39 is 4.92 Å². The Morgan fingerprint density at radius 3 is 2.65 bits per heavy atom. The lowest BCUT2D eigenvalue weighted by Gasteiger charge is -2.13. The van der Waals surface area contributed by atoms with Crippen LogP contribution >= 0.6 is 0 Å². The molecule has 0 saturated heterocycles. The van der Waals surface area contributed by atoms with E-state index >= 15 is 0 Å². The van der Waals surface area contributed by atoms with Crippen molar-refractivity contribution in [1.82, 2.24) is 5.16 Å². The molecule has 0 bridgehead atoms. The van der Waals surface area contributed by atoms with Crippen LogP contribution in [0, 0.1) is 17.0 Å². The van der Waals surface area contributed by atoms with Crippen molar-refractivity contribution in [3.63, 3.8) is 0 Å². The second-order valence-corrected chi connectivity index (χ2v) is 5.15. The molecule has 2 rings (SSSR count). The van der Waals surface area contributed by atoms with Gasteiger partial charge in [0.15, 0.2) is 17.2 Å². The summed E-state index contributed by atoms with van der Waals surface area (Å²) in [6.45, 7) is 5.37. The fourth-order valence-corrected chi connectivity index (χ4v) is 2.03. The molecule has 0 fully saturated rings. The van der Waals surface area contributed by atoms with Crippen LogP contribution < -0.4 is 9.47 Å². The zero-order valence-corrected chi connectivity index (χ0v) is 13.4. The highest BCUT2D eigenvalue weighted by Crippen LogP contribution is 2.30. The van der Waals surface area contributed by atoms with Gasteiger partial charge in [-0.15, -0.1) is 0 Å². The van der Waals surface area contributed by atoms with Crippen molar-refractivity contribution in [2.24, 2.45) is 0 Å². The minimum Gasteiger partial charge on any atom is -0.493 e. The lowest BCUT2D eigenvalue weighted by molar-refractivity contribution is -0.386. The third-order valence-electron chi connectivity index (χ3n) is 3.02. The number of methoxy groups -OCH3 is 1. The number of benzene rings is 1. The van der Waals surface area contributed by atoms with Crippen LogP contribution in [0.5, 0.6) is 11.5 Å². The lowest BCUT2D eigenvalue weighted by Crippen LogP contribution is -2.06. The van der Waals surface area contributed by atoms with E-state index in [4.69, 9.17) is 14.0 Å². The Morgan fingerprint density at radius 2 is 2.04 bits per heavy atom. The SMILES string of the molecule is COc1ccc(/C=C/c2onc(C)c2[N+](=O)[O-])cc1OC(C)C. The van der Waals surface area contributed by atoms with Gasteiger partial charge >= 0.3 is 5.69 Å². The molecule has 0 radical (unpaired) electrons. The van der Waals surface area contributed by atoms with E-state index in [1.165, 1.54) is 13.0 Å². The van der Waals surface area contributed by atoms with Crippen molar-refractivity contribution >= 4 is 17.8 Å². The Hall–Kier alpha value is -2.83. The third-order valence-corrected chi connectivity index (χ3v) is 3.02. The number of ether oxygens (including phenoxy) is 2. The first-order valence-corrected chi connectivity index (χ1v) is 7.05. The van der Waals surface area contributed by atoms with E-state index in [1.54, 1.807) is 25.3 Å². The van der Waals surface area contributed by atoms with Crippen molar-refractivity contribution < 1.29 is 18.9 Å². The molecule has 0 unspecified atom stereocenters. The molecule has 23 heavy (non-hydrogen) atoms. The first-order chi connectivity index (χ1) is 10.9. The van der Waals surface area contributed by atoms with E-state index in [9.17, 15) is 10.1 Å². The van der Waals surface area contributed by atoms with Gasteiger partial charge in [0.2, 0.25) is 5.76 Å². The van der Waals surface area contributed by atoms with Gasteiger partial charge in [-0.25, -0.2) is 0 Å². The number of nitrogens with zero attached hydrogens (tertiary/aromatic N) is 2. The van der Waals surface area contributed by atoms with Crippen LogP contribution in [0.15, 0.2) is 22.7 Å². The van der Waals surface area contributed by atoms with Crippen molar-refractivity contribution in [3.05, 3.63) is 45.3 Å². The van der Waals surface area contributed by atoms with Gasteiger partial charge in [-0.1, -0.05) is 17.3 Å². The van der Waals surface area contributed by atoms with Crippen molar-refractivity contribution in [2.75, 3.05) is 7.11 Å². The molecule has 1 aromatic carbocycles. The third kappa shape index (κ3) is 3.88. The summed E-state index contributed by atoms with van der Waals surface area (Å²) in [6, 6.07) is 5.39. The summed E-state index contributed by atoms with van der Waals surface area (Å²) in [7, 11) is 1.57. The monoisotopic (exact) mass is 318 g/mol. The molecule has 2 aromatic rings. The van der Waals surface area contributed by atoms with Crippen molar-refractivity contribution in [2.45, 2.75) is 26.9 Å². The van der Waals surface area contributed by atoms with Crippen LogP contribution in [0.3, 0.4) is 0 Å². The molecule has 0 aliphatic heterocycles. The van der Waals surface area contributed by atoms with Crippen LogP contribution in [-0.4, -0.2) is 23.3 Å². The number of nitro groups is 1. The van der Waals surface area contributed by atoms with Gasteiger partial charge in [-0.3, -0.25) is 10.1 Å². The molecule has 0 atom stereocenters. The summed E-state index contributed by atoms with van der Waals surface area (Å²) in [4.78, 5) is 10.5. The summed E-state index contributed by atoms with van der Waals surface area (Å²) in [5.41, 5.74) is 0.909. The first-order valence-electron chi connectivity index (χ1n) is 7.05. The quantitative estimate of drug-likeness (QED) is 0.593. The van der Waals surface area contributed by atoms with E-state index in [1.807, 2.05) is 19.9 Å². The summed E-state index contributed by atoms with van der Waals surface area (Å²) in [5.74, 6) is 1.33. The van der Waals surface area contributed by atoms with Gasteiger partial charge in [0, 0.05) is 0 Å². The number of aromatic nitrogens is 1. The molecular weight excluding hydrogens is 300 g/mol. The fraction of sp³-hybridized carbons (Fsp3) is 0.312. The Bertz CT molecular complexity index is 734. The van der Waals surface area contributed by atoms with Crippen LogP contribution in [0.25, 0.3) is 12.2 Å². The average molecular weight is 318 g/mol. The highest BCUT2D eigenvalue weighted by atomic mass is 16.6. The summed E-state index contributed by atoms with van der Waals surface area (Å²) < 4.78 is 15.9. The Kier molecular flexibility index (Phi) is 5.00. The molecule has 0 N–H and O–H groups in total. The summed E-state index contributed by atoms with van der Waals surface area (Å²) in [5, 5.41) is 14.6. The lowest BCUT2D eigenvalue weighted by atomic mass is 10.1. The average Bonchev–Trinajstić information content (AvgIpc) is 2.86. The number of aryl methyl sites for hydroxylation is 1. The largest absolute Gasteiger partial charge is 0.493 e. The summed E-state index contributed by atoms with van der Waals surface area (Å²) in [6.07, 6.45) is 3.21. The second-order valence-electron chi connectivity index (χ2n) is 5.15. The molecule has 1 aromatic heterocycles. The molecule has 0 spiro atoms. The Balaban J connectivity index is 2.31. The van der Waals surface area contributed by atoms with Crippen LogP contribution in [-0.2, 0) is 0 Å². The van der Waals surface area contributed by atoms with Gasteiger partial charge in [0.05, 0.1) is 18.1 Å². The van der Waals surface area contributed by atoms with Crippen molar-refractivity contribution in [3.8, 4) is 11.5 Å². The smallest absolute Gasteiger partial charge is 0.338 e. The molecule has 7 nitrogen and oxygen atoms in total. The summed E-state index contributed by atoms with van der Waals surface area (Å²) >= 11 is 0. The zero-order chi connectivity index (χ0) is 17.0. The highest BCUT2D eigenvalue weighted by Gasteiger charge is 2.21. The van der Waals surface area contributed by atoms with E-state index in [-0.39, 0.29) is 23.2 Å². The maximum Gasteiger partial charge on any atom is 0.338 e. The number of hydrogen-bond acceptors (Lipinski definition) is 6. The van der Waals surface area contributed by atoms with Gasteiger partial charge < -0.3 is 14.0 Å². The maximum absolute atomic E-state index is 11.0. The van der Waals surface area contributed by atoms with Crippen LogP contribution in [0.1, 0.15) is 30.9 Å². The standard InChI is InChI=1S/C16H18N2O5/c1-10(2)22-15-9-12(5-7-13(15)21-4)6-8-14-16(18(19)20)11(3)17-23-14/h5-10H,1-4H3/b8-6+. The highest BCUT2D eigenvalue weighted by molar-refractivity contribution is 5.72. The van der Waals surface area contributed by atoms with Crippen molar-refractivity contribution in [1.29, 1.82) is 0 Å². The zero-order valence-electron chi connectivity index (χ0n) is 13.4. The predicted octanol–water partition coefficient (Wildman–Crippen LogP) is 3.86. The Morgan fingerprint density at radius 1 is 1.30 bits per heavy atom. The normalized spacial score (nSPS) is 11.2. The molecule has 1 heterocycles. The van der Waals surface area contributed by atoms with E-state index in [0.717, 1.165) is 5.56 Å². The van der Waals surface area contributed by atoms with Gasteiger partial charge in [0.1, 0.15) is 0 Å². The number of hydrogen-bond donors (Lipinski definition) is 0. The minimum atomic E-state index is -0.507. The molecule has 7 heteroatoms. The molecule has 0 aliphatic rings. The molecular formula is C16H18N2O5. The maximum atomic E-state index is 11.0. The van der Waals surface area contributed by atoms with Gasteiger partial charge in [0.25, 0.3) is 0 Å². The predicted molar refractivity (Wildman–Crippen MR) is 85.6 cm³/mol. The fourth-order valence-electron chi connectivity index (χ4n) is 2.03. The van der Waals surface area contributed by atoms with Crippen LogP contribution in [0.2, 0.25) is 0 Å². The van der Waals surface area contributed by atoms with Gasteiger partial charge in [-0.05, 0) is 44.5 Å². The molecule has 0 aliphatic carbocycles. The molecule has 0 amide bonds. The topological polar surface area (TPSA) is 87.6 Å². The Labute approximate surface area is 133 Å². The molecule has 122 valence electrons. The van der Waals surface area contributed by atoms with Gasteiger partial charge in [-0.2, -0.15) is 0 Å². The van der Waals surface area contributed by atoms with E-state index in [0.29, 0.717) is 11.5 Å². The van der Waals surface area contributed by atoms with E-state index in [2.05, 4.69) is 5.16 Å². The van der Waals surface area contributed by atoms with Crippen LogP contribution in [0.4, 0.5) is 5.69 Å². The minimum absolute atomic E-state index is 0.00106. The number of rotatable bonds is 6. The second kappa shape index (κ2) is 6.95.